The summed E-state index contributed by atoms with van der Waals surface area (Å²) in [5, 5.41) is 12.8. The lowest BCUT2D eigenvalue weighted by Crippen LogP contribution is -2.36. The molecule has 0 radical (unpaired) electrons. The molecule has 2 N–H and O–H groups in total. The molecule has 0 aromatic heterocycles. The van der Waals surface area contributed by atoms with Crippen molar-refractivity contribution in [3.8, 4) is 0 Å². The van der Waals surface area contributed by atoms with Gasteiger partial charge in [0.15, 0.2) is 0 Å². The van der Waals surface area contributed by atoms with Gasteiger partial charge in [-0.05, 0) is 18.7 Å². The highest BCUT2D eigenvalue weighted by atomic mass is 16.3. The van der Waals surface area contributed by atoms with Gasteiger partial charge in [0.05, 0.1) is 6.10 Å². The molecule has 1 aromatic carbocycles. The number of benzene rings is 1. The Balaban J connectivity index is 2.09. The molecule has 2 rings (SSSR count). The molecule has 88 valence electrons. The van der Waals surface area contributed by atoms with Crippen LogP contribution in [0.1, 0.15) is 18.4 Å². The lowest BCUT2D eigenvalue weighted by atomic mass is 10.0. The third kappa shape index (κ3) is 2.20. The maximum absolute atomic E-state index is 9.82. The first-order valence-electron chi connectivity index (χ1n) is 5.89. The van der Waals surface area contributed by atoms with E-state index in [4.69, 9.17) is 0 Å². The molecule has 3 heteroatoms. The Morgan fingerprint density at radius 1 is 1.50 bits per heavy atom. The van der Waals surface area contributed by atoms with Crippen LogP contribution in [-0.2, 0) is 0 Å². The Bertz CT molecular complexity index is 354. The van der Waals surface area contributed by atoms with Gasteiger partial charge in [-0.3, -0.25) is 0 Å². The summed E-state index contributed by atoms with van der Waals surface area (Å²) in [6.45, 7) is 4.61. The number of anilines is 1. The molecule has 0 bridgehead atoms. The molecule has 0 amide bonds. The predicted octanol–water partition coefficient (Wildman–Crippen LogP) is 1.19. The van der Waals surface area contributed by atoms with Gasteiger partial charge in [-0.15, -0.1) is 0 Å². The zero-order valence-corrected chi connectivity index (χ0v) is 9.98. The molecule has 0 spiro atoms. The third-order valence-corrected chi connectivity index (χ3v) is 3.17. The average Bonchev–Trinajstić information content (AvgIpc) is 2.57. The minimum absolute atomic E-state index is 0.302. The molecule has 1 aliphatic heterocycles. The first-order valence-corrected chi connectivity index (χ1v) is 5.89. The summed E-state index contributed by atoms with van der Waals surface area (Å²) in [6.07, 6.45) is -0.302. The summed E-state index contributed by atoms with van der Waals surface area (Å²) in [5.74, 6) is 0.568. The maximum atomic E-state index is 9.82. The van der Waals surface area contributed by atoms with E-state index in [0.29, 0.717) is 19.0 Å². The van der Waals surface area contributed by atoms with Gasteiger partial charge in [-0.25, -0.2) is 0 Å². The smallest absolute Gasteiger partial charge is 0.0839 e. The van der Waals surface area contributed by atoms with Crippen molar-refractivity contribution in [3.05, 3.63) is 29.8 Å². The second kappa shape index (κ2) is 4.85. The van der Waals surface area contributed by atoms with Gasteiger partial charge in [0.2, 0.25) is 0 Å². The Morgan fingerprint density at radius 2 is 2.25 bits per heavy atom. The van der Waals surface area contributed by atoms with Crippen molar-refractivity contribution in [1.82, 2.24) is 5.32 Å². The molecule has 0 fully saturated rings. The molecular weight excluding hydrogens is 200 g/mol. The summed E-state index contributed by atoms with van der Waals surface area (Å²) in [4.78, 5) is 2.28. The highest BCUT2D eigenvalue weighted by molar-refractivity contribution is 5.59. The lowest BCUT2D eigenvalue weighted by Gasteiger charge is -2.23. The van der Waals surface area contributed by atoms with Crippen LogP contribution < -0.4 is 10.2 Å². The quantitative estimate of drug-likeness (QED) is 0.800. The molecule has 0 saturated heterocycles. The van der Waals surface area contributed by atoms with E-state index in [1.165, 1.54) is 11.3 Å². The van der Waals surface area contributed by atoms with E-state index in [1.807, 2.05) is 7.05 Å². The second-order valence-corrected chi connectivity index (χ2v) is 4.58. The Kier molecular flexibility index (Phi) is 3.46. The summed E-state index contributed by atoms with van der Waals surface area (Å²) in [5.41, 5.74) is 2.68. The zero-order chi connectivity index (χ0) is 11.5. The van der Waals surface area contributed by atoms with Crippen LogP contribution in [0.5, 0.6) is 0 Å². The van der Waals surface area contributed by atoms with Crippen molar-refractivity contribution < 1.29 is 5.11 Å². The molecule has 3 nitrogen and oxygen atoms in total. The summed E-state index contributed by atoms with van der Waals surface area (Å²) in [7, 11) is 1.86. The molecule has 2 unspecified atom stereocenters. The van der Waals surface area contributed by atoms with Gasteiger partial charge in [0, 0.05) is 31.2 Å². The third-order valence-electron chi connectivity index (χ3n) is 3.17. The van der Waals surface area contributed by atoms with E-state index in [0.717, 1.165) is 6.54 Å². The van der Waals surface area contributed by atoms with Crippen LogP contribution in [0.15, 0.2) is 24.3 Å². The number of para-hydroxylation sites is 1. The highest BCUT2D eigenvalue weighted by Gasteiger charge is 2.25. The largest absolute Gasteiger partial charge is 0.390 e. The van der Waals surface area contributed by atoms with Crippen molar-refractivity contribution in [1.29, 1.82) is 0 Å². The number of β-amino-alcohol motifs (C(OH)–C–C–N with tert-alkyl or cyclic N) is 1. The van der Waals surface area contributed by atoms with Crippen LogP contribution in [0.25, 0.3) is 0 Å². The molecular formula is C13H20N2O. The van der Waals surface area contributed by atoms with Crippen LogP contribution in [0.4, 0.5) is 5.69 Å². The predicted molar refractivity (Wildman–Crippen MR) is 67.0 cm³/mol. The number of aliphatic hydroxyl groups is 1. The first-order chi connectivity index (χ1) is 7.72. The monoisotopic (exact) mass is 220 g/mol. The SMILES string of the molecule is CNCC(O)CN1CC(C)c2ccccc21. The maximum Gasteiger partial charge on any atom is 0.0839 e. The van der Waals surface area contributed by atoms with E-state index in [2.05, 4.69) is 41.4 Å². The van der Waals surface area contributed by atoms with E-state index in [1.54, 1.807) is 0 Å². The van der Waals surface area contributed by atoms with E-state index in [-0.39, 0.29) is 6.10 Å². The Labute approximate surface area is 97.1 Å². The van der Waals surface area contributed by atoms with Crippen molar-refractivity contribution in [2.75, 3.05) is 31.6 Å². The minimum atomic E-state index is -0.302. The number of likely N-dealkylation sites (N-methyl/N-ethyl adjacent to an activating group) is 1. The zero-order valence-electron chi connectivity index (χ0n) is 9.98. The molecule has 2 atom stereocenters. The van der Waals surface area contributed by atoms with Crippen molar-refractivity contribution in [2.45, 2.75) is 18.9 Å². The number of rotatable bonds is 4. The highest BCUT2D eigenvalue weighted by Crippen LogP contribution is 2.35. The lowest BCUT2D eigenvalue weighted by molar-refractivity contribution is 0.180. The number of nitrogens with zero attached hydrogens (tertiary/aromatic N) is 1. The van der Waals surface area contributed by atoms with E-state index >= 15 is 0 Å². The van der Waals surface area contributed by atoms with E-state index < -0.39 is 0 Å². The fourth-order valence-corrected chi connectivity index (χ4v) is 2.45. The van der Waals surface area contributed by atoms with Crippen molar-refractivity contribution in [2.24, 2.45) is 0 Å². The number of nitrogens with one attached hydrogen (secondary N) is 1. The number of hydrogen-bond donors (Lipinski definition) is 2. The molecule has 16 heavy (non-hydrogen) atoms. The van der Waals surface area contributed by atoms with Crippen LogP contribution in [0.2, 0.25) is 0 Å². The number of fused-ring (bicyclic) bond motifs is 1. The minimum Gasteiger partial charge on any atom is -0.390 e. The topological polar surface area (TPSA) is 35.5 Å². The normalized spacial score (nSPS) is 20.9. The van der Waals surface area contributed by atoms with Gasteiger partial charge >= 0.3 is 0 Å². The van der Waals surface area contributed by atoms with Gasteiger partial charge in [0.25, 0.3) is 0 Å². The standard InChI is InChI=1S/C13H20N2O/c1-10-8-15(9-11(16)7-14-2)13-6-4-3-5-12(10)13/h3-6,10-11,14,16H,7-9H2,1-2H3. The Morgan fingerprint density at radius 3 is 3.00 bits per heavy atom. The summed E-state index contributed by atoms with van der Waals surface area (Å²) >= 11 is 0. The van der Waals surface area contributed by atoms with Gasteiger partial charge < -0.3 is 15.3 Å². The molecule has 1 heterocycles. The van der Waals surface area contributed by atoms with Crippen LogP contribution in [-0.4, -0.2) is 37.9 Å². The van der Waals surface area contributed by atoms with Gasteiger partial charge in [0.1, 0.15) is 0 Å². The fourth-order valence-electron chi connectivity index (χ4n) is 2.45. The van der Waals surface area contributed by atoms with Crippen molar-refractivity contribution in [3.63, 3.8) is 0 Å². The Hall–Kier alpha value is -1.06. The molecule has 1 aliphatic rings. The van der Waals surface area contributed by atoms with Crippen LogP contribution >= 0.6 is 0 Å². The molecule has 1 aromatic rings. The first kappa shape index (κ1) is 11.4. The molecule has 0 saturated carbocycles. The van der Waals surface area contributed by atoms with Crippen LogP contribution in [0, 0.1) is 0 Å². The molecule has 0 aliphatic carbocycles. The van der Waals surface area contributed by atoms with Crippen LogP contribution in [0.3, 0.4) is 0 Å². The number of hydrogen-bond acceptors (Lipinski definition) is 3. The van der Waals surface area contributed by atoms with Crippen molar-refractivity contribution >= 4 is 5.69 Å². The summed E-state index contributed by atoms with van der Waals surface area (Å²) in [6, 6.07) is 8.48. The second-order valence-electron chi connectivity index (χ2n) is 4.58. The van der Waals surface area contributed by atoms with E-state index in [9.17, 15) is 5.11 Å². The fraction of sp³-hybridized carbons (Fsp3) is 0.538. The number of aliphatic hydroxyl groups excluding tert-OH is 1. The van der Waals surface area contributed by atoms with Gasteiger partial charge in [-0.2, -0.15) is 0 Å². The average molecular weight is 220 g/mol. The summed E-state index contributed by atoms with van der Waals surface area (Å²) < 4.78 is 0. The van der Waals surface area contributed by atoms with Gasteiger partial charge in [-0.1, -0.05) is 25.1 Å².